The number of carbonyl (C=O) groups excluding carboxylic acids is 1. The molecule has 0 fully saturated rings. The van der Waals surface area contributed by atoms with Gasteiger partial charge >= 0.3 is 0 Å². The minimum Gasteiger partial charge on any atom is -0.357 e. The average Bonchev–Trinajstić information content (AvgIpc) is 2.60. The molecule has 0 spiro atoms. The van der Waals surface area contributed by atoms with Crippen molar-refractivity contribution in [2.75, 3.05) is 18.0 Å². The predicted octanol–water partition coefficient (Wildman–Crippen LogP) is 3.65. The molecular weight excluding hydrogens is 312 g/mol. The summed E-state index contributed by atoms with van der Waals surface area (Å²) in [4.78, 5) is 23.6. The molecule has 1 N–H and O–H groups in total. The highest BCUT2D eigenvalue weighted by molar-refractivity contribution is 5.92. The highest BCUT2D eigenvalue weighted by Crippen LogP contribution is 2.14. The second kappa shape index (κ2) is 9.16. The number of hydrogen-bond donors (Lipinski definition) is 1. The van der Waals surface area contributed by atoms with Gasteiger partial charge in [-0.3, -0.25) is 4.79 Å². The fraction of sp³-hybridized carbons (Fsp3) is 0.450. The first-order valence-corrected chi connectivity index (χ1v) is 8.98. The van der Waals surface area contributed by atoms with Crippen LogP contribution in [0.4, 0.5) is 5.82 Å². The van der Waals surface area contributed by atoms with E-state index in [2.05, 4.69) is 34.0 Å². The minimum absolute atomic E-state index is 0.164. The molecule has 0 saturated carbocycles. The maximum Gasteiger partial charge on any atom is 0.270 e. The van der Waals surface area contributed by atoms with Crippen molar-refractivity contribution in [3.63, 3.8) is 0 Å². The lowest BCUT2D eigenvalue weighted by Crippen LogP contribution is -2.28. The second-order valence-electron chi connectivity index (χ2n) is 6.25. The van der Waals surface area contributed by atoms with Gasteiger partial charge in [-0.15, -0.1) is 0 Å². The van der Waals surface area contributed by atoms with Crippen molar-refractivity contribution in [2.45, 2.75) is 47.1 Å². The second-order valence-corrected chi connectivity index (χ2v) is 6.25. The van der Waals surface area contributed by atoms with E-state index in [4.69, 9.17) is 0 Å². The zero-order valence-electron chi connectivity index (χ0n) is 15.7. The fourth-order valence-electron chi connectivity index (χ4n) is 2.79. The summed E-state index contributed by atoms with van der Waals surface area (Å²) < 4.78 is 0. The molecule has 0 radical (unpaired) electrons. The van der Waals surface area contributed by atoms with E-state index in [-0.39, 0.29) is 5.91 Å². The molecule has 0 bridgehead atoms. The van der Waals surface area contributed by atoms with Crippen LogP contribution in [0.1, 0.15) is 54.1 Å². The van der Waals surface area contributed by atoms with Crippen molar-refractivity contribution < 1.29 is 4.79 Å². The lowest BCUT2D eigenvalue weighted by molar-refractivity contribution is 0.0945. The summed E-state index contributed by atoms with van der Waals surface area (Å²) in [5, 5.41) is 2.97. The monoisotopic (exact) mass is 340 g/mol. The first kappa shape index (κ1) is 18.9. The van der Waals surface area contributed by atoms with Crippen molar-refractivity contribution in [2.24, 2.45) is 0 Å². The van der Waals surface area contributed by atoms with Crippen LogP contribution in [0.15, 0.2) is 30.3 Å². The predicted molar refractivity (Wildman–Crippen MR) is 102 cm³/mol. The van der Waals surface area contributed by atoms with Crippen LogP contribution in [0.25, 0.3) is 0 Å². The molecule has 5 heteroatoms. The topological polar surface area (TPSA) is 58.1 Å². The molecule has 0 saturated heterocycles. The Balaban J connectivity index is 2.15. The molecule has 2 aromatic rings. The molecule has 2 rings (SSSR count). The molecule has 1 aromatic heterocycles. The molecule has 0 aliphatic rings. The van der Waals surface area contributed by atoms with E-state index in [1.165, 1.54) is 5.56 Å². The maximum absolute atomic E-state index is 12.6. The van der Waals surface area contributed by atoms with Gasteiger partial charge in [0.25, 0.3) is 5.91 Å². The number of amides is 1. The zero-order chi connectivity index (χ0) is 18.2. The summed E-state index contributed by atoms with van der Waals surface area (Å²) in [7, 11) is 0. The van der Waals surface area contributed by atoms with E-state index in [0.29, 0.717) is 18.1 Å². The number of anilines is 1. The van der Waals surface area contributed by atoms with E-state index in [0.717, 1.165) is 37.3 Å². The molecule has 0 atom stereocenters. The Bertz CT molecular complexity index is 709. The zero-order valence-corrected chi connectivity index (χ0v) is 15.7. The first-order valence-electron chi connectivity index (χ1n) is 8.98. The van der Waals surface area contributed by atoms with Crippen LogP contribution in [0.3, 0.4) is 0 Å². The van der Waals surface area contributed by atoms with E-state index < -0.39 is 0 Å². The summed E-state index contributed by atoms with van der Waals surface area (Å²) in [6.45, 7) is 10.5. The van der Waals surface area contributed by atoms with Crippen LogP contribution in [0.5, 0.6) is 0 Å². The van der Waals surface area contributed by atoms with Gasteiger partial charge in [-0.2, -0.15) is 0 Å². The van der Waals surface area contributed by atoms with Crippen LogP contribution in [0, 0.1) is 13.8 Å². The number of benzene rings is 1. The van der Waals surface area contributed by atoms with Crippen LogP contribution in [0.2, 0.25) is 0 Å². The van der Waals surface area contributed by atoms with Crippen molar-refractivity contribution in [3.05, 3.63) is 53.0 Å². The first-order chi connectivity index (χ1) is 12.0. The Morgan fingerprint density at radius 2 is 1.76 bits per heavy atom. The summed E-state index contributed by atoms with van der Waals surface area (Å²) in [5.41, 5.74) is 2.70. The molecule has 134 valence electrons. The Hall–Kier alpha value is -2.43. The van der Waals surface area contributed by atoms with Gasteiger partial charge in [-0.1, -0.05) is 38.1 Å². The molecule has 0 aliphatic heterocycles. The van der Waals surface area contributed by atoms with E-state index in [9.17, 15) is 4.79 Å². The Labute approximate surface area is 150 Å². The molecular formula is C20H28N4O. The number of hydrogen-bond acceptors (Lipinski definition) is 4. The quantitative estimate of drug-likeness (QED) is 0.797. The molecule has 0 unspecified atom stereocenters. The third-order valence-corrected chi connectivity index (χ3v) is 4.07. The lowest BCUT2D eigenvalue weighted by Gasteiger charge is -2.23. The van der Waals surface area contributed by atoms with Gasteiger partial charge < -0.3 is 10.2 Å². The van der Waals surface area contributed by atoms with Gasteiger partial charge in [0.1, 0.15) is 17.3 Å². The van der Waals surface area contributed by atoms with E-state index >= 15 is 0 Å². The van der Waals surface area contributed by atoms with Gasteiger partial charge in [-0.05, 0) is 37.8 Å². The average molecular weight is 340 g/mol. The van der Waals surface area contributed by atoms with Crippen LogP contribution in [-0.2, 0) is 6.54 Å². The molecule has 1 amide bonds. The SMILES string of the molecule is CCCN(CCC)c1cc(C(=O)NCc2ccccc2C)nc(C)n1. The molecule has 5 nitrogen and oxygen atoms in total. The normalized spacial score (nSPS) is 10.6. The van der Waals surface area contributed by atoms with Gasteiger partial charge in [-0.25, -0.2) is 9.97 Å². The van der Waals surface area contributed by atoms with Gasteiger partial charge in [0.2, 0.25) is 0 Å². The smallest absolute Gasteiger partial charge is 0.270 e. The maximum atomic E-state index is 12.6. The summed E-state index contributed by atoms with van der Waals surface area (Å²) in [6.07, 6.45) is 2.08. The Morgan fingerprint density at radius 1 is 1.08 bits per heavy atom. The minimum atomic E-state index is -0.164. The highest BCUT2D eigenvalue weighted by Gasteiger charge is 2.14. The largest absolute Gasteiger partial charge is 0.357 e. The Kier molecular flexibility index (Phi) is 6.92. The molecule has 1 heterocycles. The fourth-order valence-corrected chi connectivity index (χ4v) is 2.79. The van der Waals surface area contributed by atoms with Gasteiger partial charge in [0.05, 0.1) is 0 Å². The van der Waals surface area contributed by atoms with Crippen LogP contribution in [-0.4, -0.2) is 29.0 Å². The van der Waals surface area contributed by atoms with E-state index in [1.54, 1.807) is 6.07 Å². The summed E-state index contributed by atoms with van der Waals surface area (Å²) in [6, 6.07) is 9.84. The summed E-state index contributed by atoms with van der Waals surface area (Å²) in [5.74, 6) is 1.29. The Morgan fingerprint density at radius 3 is 2.40 bits per heavy atom. The summed E-state index contributed by atoms with van der Waals surface area (Å²) >= 11 is 0. The number of carbonyl (C=O) groups is 1. The van der Waals surface area contributed by atoms with Gasteiger partial charge in [0, 0.05) is 25.7 Å². The highest BCUT2D eigenvalue weighted by atomic mass is 16.1. The number of nitrogens with zero attached hydrogens (tertiary/aromatic N) is 3. The van der Waals surface area contributed by atoms with Crippen LogP contribution >= 0.6 is 0 Å². The third kappa shape index (κ3) is 5.28. The molecule has 1 aromatic carbocycles. The standard InChI is InChI=1S/C20H28N4O/c1-5-11-24(12-6-2)19-13-18(22-16(4)23-19)20(25)21-14-17-10-8-7-9-15(17)3/h7-10,13H,5-6,11-12,14H2,1-4H3,(H,21,25). The number of aromatic nitrogens is 2. The van der Waals surface area contributed by atoms with Crippen molar-refractivity contribution >= 4 is 11.7 Å². The van der Waals surface area contributed by atoms with E-state index in [1.807, 2.05) is 38.1 Å². The lowest BCUT2D eigenvalue weighted by atomic mass is 10.1. The number of aryl methyl sites for hydroxylation is 2. The molecule has 0 aliphatic carbocycles. The van der Waals surface area contributed by atoms with Crippen molar-refractivity contribution in [1.29, 1.82) is 0 Å². The number of rotatable bonds is 8. The van der Waals surface area contributed by atoms with Crippen LogP contribution < -0.4 is 10.2 Å². The number of nitrogens with one attached hydrogen (secondary N) is 1. The third-order valence-electron chi connectivity index (χ3n) is 4.07. The van der Waals surface area contributed by atoms with Crippen molar-refractivity contribution in [1.82, 2.24) is 15.3 Å². The van der Waals surface area contributed by atoms with Crippen molar-refractivity contribution in [3.8, 4) is 0 Å². The van der Waals surface area contributed by atoms with Gasteiger partial charge in [0.15, 0.2) is 0 Å². The molecule has 25 heavy (non-hydrogen) atoms.